The van der Waals surface area contributed by atoms with Gasteiger partial charge in [-0.3, -0.25) is 0 Å². The molecule has 0 saturated carbocycles. The lowest BCUT2D eigenvalue weighted by Gasteiger charge is -2.31. The van der Waals surface area contributed by atoms with Gasteiger partial charge in [-0.15, -0.1) is 0 Å². The summed E-state index contributed by atoms with van der Waals surface area (Å²) in [7, 11) is 0. The van der Waals surface area contributed by atoms with Crippen molar-refractivity contribution in [1.29, 1.82) is 0 Å². The van der Waals surface area contributed by atoms with Crippen LogP contribution in [0.4, 0.5) is 5.69 Å². The summed E-state index contributed by atoms with van der Waals surface area (Å²) in [5.41, 5.74) is -0.593. The lowest BCUT2D eigenvalue weighted by atomic mass is 9.86. The number of para-hydroxylation sites is 1. The van der Waals surface area contributed by atoms with Crippen LogP contribution in [0.1, 0.15) is 12.0 Å². The van der Waals surface area contributed by atoms with Crippen LogP contribution in [0.2, 0.25) is 0 Å². The van der Waals surface area contributed by atoms with Gasteiger partial charge in [0.25, 0.3) is 0 Å². The van der Waals surface area contributed by atoms with Gasteiger partial charge in [0, 0.05) is 24.2 Å². The van der Waals surface area contributed by atoms with Gasteiger partial charge in [-0.05, 0) is 6.07 Å². The Kier molecular flexibility index (Phi) is 1.93. The van der Waals surface area contributed by atoms with E-state index in [1.807, 2.05) is 0 Å². The van der Waals surface area contributed by atoms with E-state index in [2.05, 4.69) is 5.32 Å². The molecule has 3 N–H and O–H groups in total. The van der Waals surface area contributed by atoms with E-state index in [1.54, 1.807) is 24.3 Å². The van der Waals surface area contributed by atoms with E-state index in [9.17, 15) is 9.90 Å². The number of carbonyl (C=O) groups is 1. The van der Waals surface area contributed by atoms with Crippen LogP contribution in [-0.2, 0) is 10.4 Å². The van der Waals surface area contributed by atoms with Crippen LogP contribution in [0.25, 0.3) is 0 Å². The predicted octanol–water partition coefficient (Wildman–Crippen LogP) is 0.774. The first kappa shape index (κ1) is 9.02. The minimum absolute atomic E-state index is 0.194. The molecule has 1 aliphatic rings. The molecule has 2 rings (SSSR count). The standard InChI is InChI=1S/C10H11NO3/c12-9(13)10(14)5-6-11-8-4-2-1-3-7(8)10/h1-4,11,14H,5-6H2,(H,12,13)/t10-/m0/s1. The van der Waals surface area contributed by atoms with Crippen molar-refractivity contribution < 1.29 is 15.0 Å². The van der Waals surface area contributed by atoms with Gasteiger partial charge in [0.05, 0.1) is 0 Å². The molecular formula is C10H11NO3. The number of carboxylic acid groups (broad SMARTS) is 1. The van der Waals surface area contributed by atoms with Crippen LogP contribution in [0.15, 0.2) is 24.3 Å². The summed E-state index contributed by atoms with van der Waals surface area (Å²) in [6.07, 6.45) is 0.194. The van der Waals surface area contributed by atoms with Crippen LogP contribution < -0.4 is 5.32 Å². The third-order valence-electron chi connectivity index (χ3n) is 2.53. The zero-order valence-corrected chi connectivity index (χ0v) is 7.53. The molecule has 0 bridgehead atoms. The molecule has 0 spiro atoms. The first-order valence-corrected chi connectivity index (χ1v) is 4.44. The second-order valence-electron chi connectivity index (χ2n) is 3.39. The highest BCUT2D eigenvalue weighted by molar-refractivity contribution is 5.82. The van der Waals surface area contributed by atoms with Crippen LogP contribution in [0.5, 0.6) is 0 Å². The Morgan fingerprint density at radius 2 is 2.14 bits per heavy atom. The average Bonchev–Trinajstić information content (AvgIpc) is 2.18. The Morgan fingerprint density at radius 3 is 2.86 bits per heavy atom. The van der Waals surface area contributed by atoms with Crippen molar-refractivity contribution in [2.75, 3.05) is 11.9 Å². The number of benzene rings is 1. The third kappa shape index (κ3) is 1.15. The molecule has 0 unspecified atom stereocenters. The van der Waals surface area contributed by atoms with Gasteiger partial charge in [0.1, 0.15) is 0 Å². The number of aliphatic carboxylic acids is 1. The van der Waals surface area contributed by atoms with Crippen molar-refractivity contribution in [1.82, 2.24) is 0 Å². The number of rotatable bonds is 1. The monoisotopic (exact) mass is 193 g/mol. The molecule has 1 heterocycles. The van der Waals surface area contributed by atoms with E-state index in [4.69, 9.17) is 5.11 Å². The lowest BCUT2D eigenvalue weighted by molar-refractivity contribution is -0.160. The van der Waals surface area contributed by atoms with Crippen molar-refractivity contribution in [3.8, 4) is 0 Å². The number of hydrogen-bond acceptors (Lipinski definition) is 3. The van der Waals surface area contributed by atoms with Crippen LogP contribution in [0.3, 0.4) is 0 Å². The summed E-state index contributed by atoms with van der Waals surface area (Å²) in [5.74, 6) is -1.19. The largest absolute Gasteiger partial charge is 0.479 e. The number of aliphatic hydroxyl groups is 1. The number of fused-ring (bicyclic) bond motifs is 1. The zero-order valence-electron chi connectivity index (χ0n) is 7.53. The highest BCUT2D eigenvalue weighted by Gasteiger charge is 2.41. The van der Waals surface area contributed by atoms with E-state index < -0.39 is 11.6 Å². The van der Waals surface area contributed by atoms with Gasteiger partial charge in [-0.25, -0.2) is 4.79 Å². The Morgan fingerprint density at radius 1 is 1.43 bits per heavy atom. The summed E-state index contributed by atoms with van der Waals surface area (Å²) in [6, 6.07) is 6.93. The Bertz CT molecular complexity index is 377. The quantitative estimate of drug-likeness (QED) is 0.616. The highest BCUT2D eigenvalue weighted by Crippen LogP contribution is 2.34. The number of nitrogens with one attached hydrogen (secondary N) is 1. The molecule has 74 valence electrons. The van der Waals surface area contributed by atoms with Crippen LogP contribution in [-0.4, -0.2) is 22.7 Å². The molecule has 1 atom stereocenters. The van der Waals surface area contributed by atoms with Gasteiger partial charge in [-0.1, -0.05) is 18.2 Å². The SMILES string of the molecule is O=C(O)[C@]1(O)CCNc2ccccc21. The van der Waals surface area contributed by atoms with Gasteiger partial charge in [-0.2, -0.15) is 0 Å². The van der Waals surface area contributed by atoms with E-state index in [-0.39, 0.29) is 6.42 Å². The molecule has 1 aliphatic heterocycles. The fraction of sp³-hybridized carbons (Fsp3) is 0.300. The summed E-state index contributed by atoms with van der Waals surface area (Å²) in [4.78, 5) is 11.0. The Hall–Kier alpha value is -1.55. The molecular weight excluding hydrogens is 182 g/mol. The maximum Gasteiger partial charge on any atom is 0.340 e. The number of carboxylic acids is 1. The fourth-order valence-electron chi connectivity index (χ4n) is 1.73. The molecule has 4 heteroatoms. The molecule has 14 heavy (non-hydrogen) atoms. The molecule has 0 fully saturated rings. The molecule has 1 aromatic rings. The summed E-state index contributed by atoms with van der Waals surface area (Å²) in [6.45, 7) is 0.472. The topological polar surface area (TPSA) is 69.6 Å². The van der Waals surface area contributed by atoms with E-state index >= 15 is 0 Å². The van der Waals surface area contributed by atoms with Gasteiger partial charge in [0.2, 0.25) is 0 Å². The Balaban J connectivity index is 2.55. The molecule has 0 saturated heterocycles. The maximum absolute atomic E-state index is 11.0. The second kappa shape index (κ2) is 2.99. The third-order valence-corrected chi connectivity index (χ3v) is 2.53. The van der Waals surface area contributed by atoms with E-state index in [0.29, 0.717) is 17.8 Å². The van der Waals surface area contributed by atoms with Crippen LogP contribution in [0, 0.1) is 0 Å². The molecule has 0 aliphatic carbocycles. The minimum atomic E-state index is -1.73. The smallest absolute Gasteiger partial charge is 0.340 e. The normalized spacial score (nSPS) is 24.9. The van der Waals surface area contributed by atoms with Crippen molar-refractivity contribution in [3.05, 3.63) is 29.8 Å². The first-order valence-electron chi connectivity index (χ1n) is 4.44. The number of hydrogen-bond donors (Lipinski definition) is 3. The summed E-state index contributed by atoms with van der Waals surface area (Å²) < 4.78 is 0. The summed E-state index contributed by atoms with van der Waals surface area (Å²) >= 11 is 0. The fourth-order valence-corrected chi connectivity index (χ4v) is 1.73. The van der Waals surface area contributed by atoms with E-state index in [0.717, 1.165) is 0 Å². The number of anilines is 1. The molecule has 4 nitrogen and oxygen atoms in total. The minimum Gasteiger partial charge on any atom is -0.479 e. The van der Waals surface area contributed by atoms with Gasteiger partial charge in [0.15, 0.2) is 5.60 Å². The van der Waals surface area contributed by atoms with E-state index in [1.165, 1.54) is 0 Å². The van der Waals surface area contributed by atoms with Crippen molar-refractivity contribution in [2.45, 2.75) is 12.0 Å². The molecule has 0 aromatic heterocycles. The lowest BCUT2D eigenvalue weighted by Crippen LogP contribution is -2.41. The van der Waals surface area contributed by atoms with Crippen molar-refractivity contribution in [3.63, 3.8) is 0 Å². The highest BCUT2D eigenvalue weighted by atomic mass is 16.4. The second-order valence-corrected chi connectivity index (χ2v) is 3.39. The molecule has 1 aromatic carbocycles. The molecule has 0 radical (unpaired) electrons. The molecule has 0 amide bonds. The van der Waals surface area contributed by atoms with Crippen LogP contribution >= 0.6 is 0 Å². The van der Waals surface area contributed by atoms with Gasteiger partial charge >= 0.3 is 5.97 Å². The zero-order chi connectivity index (χ0) is 10.2. The maximum atomic E-state index is 11.0. The van der Waals surface area contributed by atoms with Crippen molar-refractivity contribution in [2.24, 2.45) is 0 Å². The average molecular weight is 193 g/mol. The summed E-state index contributed by atoms with van der Waals surface area (Å²) in [5, 5.41) is 22.0. The van der Waals surface area contributed by atoms with Gasteiger partial charge < -0.3 is 15.5 Å². The first-order chi connectivity index (χ1) is 6.64. The van der Waals surface area contributed by atoms with Crippen molar-refractivity contribution >= 4 is 11.7 Å². The predicted molar refractivity (Wildman–Crippen MR) is 51.1 cm³/mol. The Labute approximate surface area is 81.2 Å².